The Morgan fingerprint density at radius 3 is 1.18 bits per heavy atom. The summed E-state index contributed by atoms with van der Waals surface area (Å²) in [6, 6.07) is 99.2. The lowest BCUT2D eigenvalue weighted by Crippen LogP contribution is -2.72. The van der Waals surface area contributed by atoms with Crippen LogP contribution < -0.4 is 41.5 Å². The highest BCUT2D eigenvalue weighted by Crippen LogP contribution is 2.42. The summed E-state index contributed by atoms with van der Waals surface area (Å²) in [7, 11) is -5.63. The molecule has 4 heteroatoms. The second-order valence-electron chi connectivity index (χ2n) is 18.0. The zero-order valence-corrected chi connectivity index (χ0v) is 39.3. The van der Waals surface area contributed by atoms with E-state index in [-0.39, 0.29) is 0 Å². The van der Waals surface area contributed by atoms with Gasteiger partial charge in [-0.05, 0) is 93.1 Å². The normalized spacial score (nSPS) is 13.5. The van der Waals surface area contributed by atoms with Crippen molar-refractivity contribution in [3.63, 3.8) is 0 Å². The molecular weight excluding hydrogens is 853 g/mol. The molecule has 0 fully saturated rings. The standard InChI is InChI=1S/C64H44N2Si2/c1-7-23-45(24-8-1)57-44-58(66-64(65-57)46-25-9-2-10-26-46)48-42-55(63-54-36-20-22-38-60(54)68(62(63)43-48,51-31-15-5-16-32-51)52-33-17-6-18-34-52)47-39-40-61-56(41-47)53-35-19-21-37-59(53)67(61,49-27-11-3-12-28-49)50-29-13-4-14-30-50/h1-44H. The van der Waals surface area contributed by atoms with Gasteiger partial charge in [0, 0.05) is 16.7 Å². The van der Waals surface area contributed by atoms with E-state index >= 15 is 0 Å². The molecule has 0 saturated carbocycles. The number of fused-ring (bicyclic) bond motifs is 6. The van der Waals surface area contributed by atoms with Crippen molar-refractivity contribution >= 4 is 57.6 Å². The van der Waals surface area contributed by atoms with Crippen LogP contribution in [0.2, 0.25) is 0 Å². The fourth-order valence-corrected chi connectivity index (χ4v) is 22.0. The predicted molar refractivity (Wildman–Crippen MR) is 289 cm³/mol. The Bertz CT molecular complexity index is 3520. The van der Waals surface area contributed by atoms with Crippen molar-refractivity contribution in [3.05, 3.63) is 267 Å². The lowest BCUT2D eigenvalue weighted by molar-refractivity contribution is 1.18. The third-order valence-electron chi connectivity index (χ3n) is 14.4. The van der Waals surface area contributed by atoms with Crippen LogP contribution in [0.25, 0.3) is 67.3 Å². The first-order valence-electron chi connectivity index (χ1n) is 23.5. The number of hydrogen-bond acceptors (Lipinski definition) is 2. The Balaban J connectivity index is 1.14. The summed E-state index contributed by atoms with van der Waals surface area (Å²) in [4.78, 5) is 10.7. The molecule has 13 rings (SSSR count). The highest BCUT2D eigenvalue weighted by molar-refractivity contribution is 7.23. The van der Waals surface area contributed by atoms with Crippen LogP contribution in [0.15, 0.2) is 267 Å². The Hall–Kier alpha value is -8.29. The molecule has 2 aliphatic heterocycles. The second kappa shape index (κ2) is 16.2. The van der Waals surface area contributed by atoms with Crippen molar-refractivity contribution in [2.75, 3.05) is 0 Å². The van der Waals surface area contributed by atoms with Crippen LogP contribution in [0.4, 0.5) is 0 Å². The summed E-state index contributed by atoms with van der Waals surface area (Å²) in [6.45, 7) is 0. The first-order chi connectivity index (χ1) is 33.7. The zero-order chi connectivity index (χ0) is 45.1. The molecule has 2 aliphatic rings. The summed E-state index contributed by atoms with van der Waals surface area (Å²) >= 11 is 0. The van der Waals surface area contributed by atoms with Gasteiger partial charge in [0.15, 0.2) is 22.0 Å². The van der Waals surface area contributed by atoms with Crippen LogP contribution >= 0.6 is 0 Å². The van der Waals surface area contributed by atoms with Gasteiger partial charge in [0.05, 0.1) is 11.4 Å². The molecule has 0 spiro atoms. The van der Waals surface area contributed by atoms with E-state index in [2.05, 4.69) is 267 Å². The minimum atomic E-state index is -2.94. The highest BCUT2D eigenvalue weighted by atomic mass is 28.3. The van der Waals surface area contributed by atoms with E-state index in [1.807, 2.05) is 0 Å². The Morgan fingerprint density at radius 1 is 0.235 bits per heavy atom. The van der Waals surface area contributed by atoms with Crippen LogP contribution in [0.3, 0.4) is 0 Å². The Kier molecular flexibility index (Phi) is 9.56. The molecule has 0 aliphatic carbocycles. The number of nitrogens with zero attached hydrogens (tertiary/aromatic N) is 2. The highest BCUT2D eigenvalue weighted by Gasteiger charge is 2.51. The SMILES string of the molecule is c1ccc(-c2cc(-c3cc(-c4ccc5c(c4)-c4ccccc4[Si]5(c4ccccc4)c4ccccc4)c4c(c3)[Si](c3ccccc3)(c3ccccc3)c3ccccc3-4)nc(-c3ccccc3)n2)cc1. The molecule has 11 aromatic rings. The lowest BCUT2D eigenvalue weighted by Gasteiger charge is -2.32. The third kappa shape index (κ3) is 6.08. The molecule has 0 bridgehead atoms. The first-order valence-corrected chi connectivity index (χ1v) is 27.5. The second-order valence-corrected chi connectivity index (χ2v) is 25.4. The molecule has 3 heterocycles. The molecule has 0 amide bonds. The molecule has 1 aromatic heterocycles. The van der Waals surface area contributed by atoms with Crippen molar-refractivity contribution in [2.45, 2.75) is 0 Å². The summed E-state index contributed by atoms with van der Waals surface area (Å²) in [6.07, 6.45) is 0. The van der Waals surface area contributed by atoms with E-state index < -0.39 is 16.1 Å². The van der Waals surface area contributed by atoms with Gasteiger partial charge in [0.25, 0.3) is 0 Å². The fraction of sp³-hybridized carbons (Fsp3) is 0. The van der Waals surface area contributed by atoms with E-state index in [9.17, 15) is 0 Å². The molecule has 0 saturated heterocycles. The largest absolute Gasteiger partial charge is 0.228 e. The number of rotatable bonds is 8. The summed E-state index contributed by atoms with van der Waals surface area (Å²) in [5, 5.41) is 11.2. The zero-order valence-electron chi connectivity index (χ0n) is 37.3. The van der Waals surface area contributed by atoms with Crippen LogP contribution in [-0.2, 0) is 0 Å². The van der Waals surface area contributed by atoms with Crippen molar-refractivity contribution in [1.82, 2.24) is 9.97 Å². The van der Waals surface area contributed by atoms with Gasteiger partial charge in [-0.3, -0.25) is 0 Å². The maximum Gasteiger partial charge on any atom is 0.180 e. The summed E-state index contributed by atoms with van der Waals surface area (Å²) in [5.74, 6) is 0.708. The van der Waals surface area contributed by atoms with Crippen LogP contribution in [-0.4, -0.2) is 26.1 Å². The van der Waals surface area contributed by atoms with Gasteiger partial charge in [-0.15, -0.1) is 0 Å². The molecule has 0 radical (unpaired) electrons. The molecule has 0 unspecified atom stereocenters. The van der Waals surface area contributed by atoms with E-state index in [0.29, 0.717) is 5.82 Å². The van der Waals surface area contributed by atoms with Gasteiger partial charge in [0.2, 0.25) is 0 Å². The number of benzene rings is 10. The molecule has 0 atom stereocenters. The third-order valence-corrected chi connectivity index (χ3v) is 24.2. The Labute approximate surface area is 399 Å². The molecule has 10 aromatic carbocycles. The fourth-order valence-electron chi connectivity index (χ4n) is 11.6. The number of hydrogen-bond donors (Lipinski definition) is 0. The van der Waals surface area contributed by atoms with Crippen molar-refractivity contribution in [3.8, 4) is 67.3 Å². The van der Waals surface area contributed by atoms with Crippen molar-refractivity contribution in [2.24, 2.45) is 0 Å². The summed E-state index contributed by atoms with van der Waals surface area (Å²) in [5.41, 5.74) is 12.6. The predicted octanol–water partition coefficient (Wildman–Crippen LogP) is 9.86. The minimum absolute atomic E-state index is 0.708. The molecular formula is C64H44N2Si2. The van der Waals surface area contributed by atoms with Crippen molar-refractivity contribution < 1.29 is 0 Å². The van der Waals surface area contributed by atoms with Gasteiger partial charge in [-0.2, -0.15) is 0 Å². The average molecular weight is 897 g/mol. The molecule has 2 nitrogen and oxygen atoms in total. The molecule has 68 heavy (non-hydrogen) atoms. The van der Waals surface area contributed by atoms with E-state index in [0.717, 1.165) is 28.1 Å². The molecule has 0 N–H and O–H groups in total. The average Bonchev–Trinajstić information content (AvgIpc) is 3.90. The van der Waals surface area contributed by atoms with Crippen LogP contribution in [0, 0.1) is 0 Å². The number of aromatic nitrogens is 2. The maximum atomic E-state index is 5.49. The van der Waals surface area contributed by atoms with Crippen LogP contribution in [0.1, 0.15) is 0 Å². The first kappa shape index (κ1) is 40.0. The van der Waals surface area contributed by atoms with Crippen LogP contribution in [0.5, 0.6) is 0 Å². The van der Waals surface area contributed by atoms with Gasteiger partial charge in [-0.1, -0.05) is 249 Å². The van der Waals surface area contributed by atoms with Gasteiger partial charge in [-0.25, -0.2) is 9.97 Å². The van der Waals surface area contributed by atoms with E-state index in [1.54, 1.807) is 0 Å². The minimum Gasteiger partial charge on any atom is -0.228 e. The maximum absolute atomic E-state index is 5.49. The lowest BCUT2D eigenvalue weighted by atomic mass is 9.90. The Morgan fingerprint density at radius 2 is 0.632 bits per heavy atom. The van der Waals surface area contributed by atoms with Crippen molar-refractivity contribution in [1.29, 1.82) is 0 Å². The smallest absolute Gasteiger partial charge is 0.180 e. The van der Waals surface area contributed by atoms with E-state index in [4.69, 9.17) is 9.97 Å². The summed E-state index contributed by atoms with van der Waals surface area (Å²) < 4.78 is 0. The topological polar surface area (TPSA) is 25.8 Å². The monoisotopic (exact) mass is 896 g/mol. The van der Waals surface area contributed by atoms with E-state index in [1.165, 1.54) is 74.9 Å². The van der Waals surface area contributed by atoms with Gasteiger partial charge >= 0.3 is 0 Å². The van der Waals surface area contributed by atoms with Gasteiger partial charge in [0.1, 0.15) is 0 Å². The molecule has 318 valence electrons. The van der Waals surface area contributed by atoms with Gasteiger partial charge < -0.3 is 0 Å². The quantitative estimate of drug-likeness (QED) is 0.142.